The maximum absolute atomic E-state index is 9.65. The highest BCUT2D eigenvalue weighted by atomic mass is 16.3. The van der Waals surface area contributed by atoms with Crippen molar-refractivity contribution >= 4 is 0 Å². The highest BCUT2D eigenvalue weighted by Gasteiger charge is 2.03. The van der Waals surface area contributed by atoms with Gasteiger partial charge >= 0.3 is 0 Å². The van der Waals surface area contributed by atoms with Crippen LogP contribution in [0.1, 0.15) is 26.2 Å². The predicted molar refractivity (Wildman–Crippen MR) is 60.6 cm³/mol. The van der Waals surface area contributed by atoms with Crippen molar-refractivity contribution in [2.24, 2.45) is 0 Å². The van der Waals surface area contributed by atoms with E-state index < -0.39 is 0 Å². The van der Waals surface area contributed by atoms with Crippen LogP contribution in [0.2, 0.25) is 0 Å². The molecule has 0 aliphatic rings. The lowest BCUT2D eigenvalue weighted by Crippen LogP contribution is -2.31. The van der Waals surface area contributed by atoms with Gasteiger partial charge in [0.2, 0.25) is 0 Å². The Kier molecular flexibility index (Phi) is 6.04. The summed E-state index contributed by atoms with van der Waals surface area (Å²) in [7, 11) is 0. The average molecular weight is 211 g/mol. The molecule has 15 heavy (non-hydrogen) atoms. The molecule has 1 atom stereocenters. The summed E-state index contributed by atoms with van der Waals surface area (Å²) in [4.78, 5) is 0. The van der Waals surface area contributed by atoms with Crippen molar-refractivity contribution in [1.82, 2.24) is 15.1 Å². The molecule has 0 saturated carbocycles. The number of nitrogens with zero attached hydrogens (tertiary/aromatic N) is 2. The number of aliphatic hydroxyl groups excluding tert-OH is 1. The highest BCUT2D eigenvalue weighted by molar-refractivity contribution is 4.78. The Balaban J connectivity index is 2.01. The molecule has 1 rings (SSSR count). The van der Waals surface area contributed by atoms with Crippen LogP contribution < -0.4 is 5.32 Å². The Morgan fingerprint density at radius 1 is 1.47 bits per heavy atom. The fourth-order valence-corrected chi connectivity index (χ4v) is 1.46. The van der Waals surface area contributed by atoms with Gasteiger partial charge in [0.25, 0.3) is 0 Å². The molecule has 1 unspecified atom stereocenters. The minimum absolute atomic E-state index is 0.355. The summed E-state index contributed by atoms with van der Waals surface area (Å²) in [5.74, 6) is 0. The lowest BCUT2D eigenvalue weighted by Gasteiger charge is -2.11. The molecule has 0 bridgehead atoms. The molecule has 0 aliphatic carbocycles. The van der Waals surface area contributed by atoms with E-state index in [-0.39, 0.29) is 6.10 Å². The van der Waals surface area contributed by atoms with Gasteiger partial charge in [-0.1, -0.05) is 19.8 Å². The second-order valence-electron chi connectivity index (χ2n) is 3.79. The number of hydrogen-bond acceptors (Lipinski definition) is 3. The minimum atomic E-state index is -0.355. The van der Waals surface area contributed by atoms with Crippen LogP contribution >= 0.6 is 0 Å². The van der Waals surface area contributed by atoms with Crippen molar-refractivity contribution in [3.05, 3.63) is 18.5 Å². The van der Waals surface area contributed by atoms with Crippen molar-refractivity contribution in [2.45, 2.75) is 38.8 Å². The van der Waals surface area contributed by atoms with Gasteiger partial charge in [0.05, 0.1) is 12.6 Å². The van der Waals surface area contributed by atoms with Gasteiger partial charge in [0.1, 0.15) is 0 Å². The average Bonchev–Trinajstić information content (AvgIpc) is 2.70. The van der Waals surface area contributed by atoms with Crippen LogP contribution in [0.5, 0.6) is 0 Å². The molecular weight excluding hydrogens is 190 g/mol. The van der Waals surface area contributed by atoms with Crippen LogP contribution in [-0.2, 0) is 6.54 Å². The molecule has 0 saturated heterocycles. The Morgan fingerprint density at radius 3 is 3.00 bits per heavy atom. The van der Waals surface area contributed by atoms with Crippen molar-refractivity contribution in [3.63, 3.8) is 0 Å². The first-order valence-corrected chi connectivity index (χ1v) is 5.69. The molecule has 1 aromatic rings. The van der Waals surface area contributed by atoms with Crippen molar-refractivity contribution in [3.8, 4) is 0 Å². The molecule has 86 valence electrons. The van der Waals surface area contributed by atoms with Gasteiger partial charge in [-0.05, 0) is 19.0 Å². The minimum Gasteiger partial charge on any atom is -0.390 e. The topological polar surface area (TPSA) is 50.1 Å². The van der Waals surface area contributed by atoms with Gasteiger partial charge in [0.15, 0.2) is 0 Å². The molecule has 0 aromatic carbocycles. The first kappa shape index (κ1) is 12.2. The fraction of sp³-hybridized carbons (Fsp3) is 0.727. The second-order valence-corrected chi connectivity index (χ2v) is 3.79. The van der Waals surface area contributed by atoms with Crippen molar-refractivity contribution < 1.29 is 5.11 Å². The molecule has 4 nitrogen and oxygen atoms in total. The predicted octanol–water partition coefficient (Wildman–Crippen LogP) is 1.02. The number of aromatic nitrogens is 2. The Labute approximate surface area is 91.3 Å². The standard InChI is InChI=1S/C11H21N3O/c1-2-3-4-6-12-9-11(15)10-14-8-5-7-13-14/h5,7-8,11-12,15H,2-4,6,9-10H2,1H3. The third-order valence-electron chi connectivity index (χ3n) is 2.29. The number of unbranched alkanes of at least 4 members (excludes halogenated alkanes) is 2. The van der Waals surface area contributed by atoms with Gasteiger partial charge in [-0.3, -0.25) is 4.68 Å². The molecule has 0 fully saturated rings. The van der Waals surface area contributed by atoms with E-state index in [9.17, 15) is 5.11 Å². The largest absolute Gasteiger partial charge is 0.390 e. The van der Waals surface area contributed by atoms with Crippen LogP contribution in [0, 0.1) is 0 Å². The first-order valence-electron chi connectivity index (χ1n) is 5.69. The molecule has 0 spiro atoms. The van der Waals surface area contributed by atoms with Gasteiger partial charge in [0, 0.05) is 18.9 Å². The molecule has 0 radical (unpaired) electrons. The van der Waals surface area contributed by atoms with Gasteiger partial charge in [-0.2, -0.15) is 5.10 Å². The molecule has 0 amide bonds. The maximum atomic E-state index is 9.65. The van der Waals surface area contributed by atoms with Crippen LogP contribution in [0.25, 0.3) is 0 Å². The Morgan fingerprint density at radius 2 is 2.33 bits per heavy atom. The smallest absolute Gasteiger partial charge is 0.0860 e. The summed E-state index contributed by atoms with van der Waals surface area (Å²) in [5.41, 5.74) is 0. The van der Waals surface area contributed by atoms with E-state index >= 15 is 0 Å². The molecule has 4 heteroatoms. The Bertz CT molecular complexity index is 236. The van der Waals surface area contributed by atoms with Crippen LogP contribution in [0.3, 0.4) is 0 Å². The molecule has 1 heterocycles. The third kappa shape index (κ3) is 5.54. The van der Waals surface area contributed by atoms with Crippen LogP contribution in [0.15, 0.2) is 18.5 Å². The van der Waals surface area contributed by atoms with E-state index in [1.165, 1.54) is 19.3 Å². The van der Waals surface area contributed by atoms with E-state index in [0.717, 1.165) is 6.54 Å². The van der Waals surface area contributed by atoms with Crippen molar-refractivity contribution in [2.75, 3.05) is 13.1 Å². The summed E-state index contributed by atoms with van der Waals surface area (Å²) in [5, 5.41) is 16.9. The number of rotatable bonds is 8. The molecular formula is C11H21N3O. The zero-order chi connectivity index (χ0) is 10.9. The fourth-order valence-electron chi connectivity index (χ4n) is 1.46. The van der Waals surface area contributed by atoms with E-state index in [1.54, 1.807) is 10.9 Å². The van der Waals surface area contributed by atoms with E-state index in [4.69, 9.17) is 0 Å². The summed E-state index contributed by atoms with van der Waals surface area (Å²) < 4.78 is 1.75. The third-order valence-corrected chi connectivity index (χ3v) is 2.29. The van der Waals surface area contributed by atoms with Crippen molar-refractivity contribution in [1.29, 1.82) is 0 Å². The summed E-state index contributed by atoms with van der Waals surface area (Å²) in [6, 6.07) is 1.86. The van der Waals surface area contributed by atoms with E-state index in [1.807, 2.05) is 12.3 Å². The van der Waals surface area contributed by atoms with E-state index in [2.05, 4.69) is 17.3 Å². The number of hydrogen-bond donors (Lipinski definition) is 2. The van der Waals surface area contributed by atoms with Gasteiger partial charge in [-0.25, -0.2) is 0 Å². The monoisotopic (exact) mass is 211 g/mol. The van der Waals surface area contributed by atoms with Crippen LogP contribution in [0.4, 0.5) is 0 Å². The number of aliphatic hydroxyl groups is 1. The highest BCUT2D eigenvalue weighted by Crippen LogP contribution is 1.93. The summed E-state index contributed by atoms with van der Waals surface area (Å²) in [6.45, 7) is 4.38. The second kappa shape index (κ2) is 7.43. The van der Waals surface area contributed by atoms with E-state index in [0.29, 0.717) is 13.1 Å². The summed E-state index contributed by atoms with van der Waals surface area (Å²) >= 11 is 0. The Hall–Kier alpha value is -0.870. The summed E-state index contributed by atoms with van der Waals surface area (Å²) in [6.07, 6.45) is 6.90. The van der Waals surface area contributed by atoms with Crippen LogP contribution in [-0.4, -0.2) is 34.1 Å². The SMILES string of the molecule is CCCCCNCC(O)Cn1cccn1. The van der Waals surface area contributed by atoms with Gasteiger partial charge < -0.3 is 10.4 Å². The molecule has 1 aromatic heterocycles. The number of nitrogens with one attached hydrogen (secondary N) is 1. The molecule has 2 N–H and O–H groups in total. The maximum Gasteiger partial charge on any atom is 0.0860 e. The quantitative estimate of drug-likeness (QED) is 0.631. The van der Waals surface area contributed by atoms with Gasteiger partial charge in [-0.15, -0.1) is 0 Å². The zero-order valence-corrected chi connectivity index (χ0v) is 9.39. The normalized spacial score (nSPS) is 12.9. The lowest BCUT2D eigenvalue weighted by molar-refractivity contribution is 0.147. The zero-order valence-electron chi connectivity index (χ0n) is 9.39. The molecule has 0 aliphatic heterocycles. The lowest BCUT2D eigenvalue weighted by atomic mass is 10.2. The first-order chi connectivity index (χ1) is 7.33.